The molecule has 1 rings (SSSR count). The fraction of sp³-hybridized carbons (Fsp3) is 0.857. The fourth-order valence-electron chi connectivity index (χ4n) is 1.15. The van der Waals surface area contributed by atoms with Gasteiger partial charge < -0.3 is 4.74 Å². The van der Waals surface area contributed by atoms with Crippen molar-refractivity contribution in [2.45, 2.75) is 18.9 Å². The van der Waals surface area contributed by atoms with Crippen LogP contribution in [0.5, 0.6) is 0 Å². The molecule has 0 aliphatic heterocycles. The summed E-state index contributed by atoms with van der Waals surface area (Å²) in [7, 11) is -2.70. The first kappa shape index (κ1) is 12.5. The van der Waals surface area contributed by atoms with Crippen LogP contribution >= 0.6 is 11.6 Å². The molecular weight excluding hydrogens is 244 g/mol. The Morgan fingerprint density at radius 2 is 2.20 bits per heavy atom. The minimum Gasteiger partial charge on any atom is -0.452 e. The Morgan fingerprint density at radius 1 is 1.60 bits per heavy atom. The number of amides is 1. The Morgan fingerprint density at radius 3 is 2.60 bits per heavy atom. The van der Waals surface area contributed by atoms with Gasteiger partial charge in [0.15, 0.2) is 0 Å². The van der Waals surface area contributed by atoms with Crippen LogP contribution in [0.4, 0.5) is 4.79 Å². The van der Waals surface area contributed by atoms with Crippen molar-refractivity contribution in [1.29, 1.82) is 0 Å². The number of ether oxygens (including phenoxy) is 1. The van der Waals surface area contributed by atoms with Crippen molar-refractivity contribution in [2.75, 3.05) is 19.5 Å². The highest BCUT2D eigenvalue weighted by molar-refractivity contribution is 7.87. The summed E-state index contributed by atoms with van der Waals surface area (Å²) in [6.07, 6.45) is 0.619. The van der Waals surface area contributed by atoms with Crippen LogP contribution in [0.15, 0.2) is 0 Å². The maximum absolute atomic E-state index is 11.6. The first-order chi connectivity index (χ1) is 7.01. The van der Waals surface area contributed by atoms with Crippen LogP contribution in [-0.4, -0.2) is 44.4 Å². The number of carbonyl (C=O) groups excluding carboxylic acids is 1. The van der Waals surface area contributed by atoms with Crippen LogP contribution in [0.1, 0.15) is 12.8 Å². The minimum atomic E-state index is -3.81. The molecule has 0 atom stereocenters. The Hall–Kier alpha value is -0.530. The summed E-state index contributed by atoms with van der Waals surface area (Å²) in [5.74, 6) is 0.193. The molecule has 8 heteroatoms. The lowest BCUT2D eigenvalue weighted by Crippen LogP contribution is -2.45. The predicted octanol–water partition coefficient (Wildman–Crippen LogP) is 0.290. The number of alkyl halides is 1. The summed E-state index contributed by atoms with van der Waals surface area (Å²) in [5.41, 5.74) is 0. The molecule has 0 bridgehead atoms. The van der Waals surface area contributed by atoms with E-state index >= 15 is 0 Å². The van der Waals surface area contributed by atoms with Gasteiger partial charge in [0.05, 0.1) is 7.11 Å². The first-order valence-electron chi connectivity index (χ1n) is 4.44. The molecule has 0 aromatic heterocycles. The van der Waals surface area contributed by atoms with E-state index in [1.165, 1.54) is 4.31 Å². The third kappa shape index (κ3) is 3.51. The number of methoxy groups -OCH3 is 1. The Kier molecular flexibility index (Phi) is 4.18. The van der Waals surface area contributed by atoms with Crippen molar-refractivity contribution in [2.24, 2.45) is 0 Å². The molecule has 88 valence electrons. The Labute approximate surface area is 93.7 Å². The number of nitrogens with zero attached hydrogens (tertiary/aromatic N) is 1. The summed E-state index contributed by atoms with van der Waals surface area (Å²) in [6.45, 7) is 0.193. The van der Waals surface area contributed by atoms with Crippen LogP contribution in [0.2, 0.25) is 0 Å². The van der Waals surface area contributed by atoms with Gasteiger partial charge in [0, 0.05) is 18.5 Å². The number of nitrogens with one attached hydrogen (secondary N) is 1. The average Bonchev–Trinajstić information content (AvgIpc) is 2.96. The van der Waals surface area contributed by atoms with Gasteiger partial charge in [0.1, 0.15) is 0 Å². The highest BCUT2D eigenvalue weighted by Crippen LogP contribution is 2.28. The third-order valence-corrected chi connectivity index (χ3v) is 3.66. The predicted molar refractivity (Wildman–Crippen MR) is 54.9 cm³/mol. The lowest BCUT2D eigenvalue weighted by atomic mass is 10.6. The van der Waals surface area contributed by atoms with E-state index in [-0.39, 0.29) is 18.5 Å². The molecule has 1 amide bonds. The molecule has 0 aromatic carbocycles. The molecule has 15 heavy (non-hydrogen) atoms. The molecular formula is C7H13ClN2O4S. The van der Waals surface area contributed by atoms with Crippen LogP contribution in [-0.2, 0) is 14.9 Å². The Bertz CT molecular complexity index is 328. The lowest BCUT2D eigenvalue weighted by Gasteiger charge is -2.20. The van der Waals surface area contributed by atoms with Crippen molar-refractivity contribution < 1.29 is 17.9 Å². The molecule has 1 fully saturated rings. The Balaban J connectivity index is 2.67. The van der Waals surface area contributed by atoms with Gasteiger partial charge in [0.2, 0.25) is 0 Å². The van der Waals surface area contributed by atoms with Crippen molar-refractivity contribution in [3.63, 3.8) is 0 Å². The lowest BCUT2D eigenvalue weighted by molar-refractivity contribution is 0.177. The van der Waals surface area contributed by atoms with Gasteiger partial charge in [-0.05, 0) is 12.8 Å². The fourth-order valence-corrected chi connectivity index (χ4v) is 2.78. The van der Waals surface area contributed by atoms with E-state index in [0.29, 0.717) is 0 Å². The van der Waals surface area contributed by atoms with Crippen LogP contribution in [0.25, 0.3) is 0 Å². The standard InChI is InChI=1S/C7H13ClN2O4S/c1-14-7(11)9-15(12,13)10(5-4-8)6-2-3-6/h6H,2-5H2,1H3,(H,9,11). The maximum Gasteiger partial charge on any atom is 0.421 e. The second kappa shape index (κ2) is 5.00. The number of hydrogen-bond acceptors (Lipinski definition) is 4. The van der Waals surface area contributed by atoms with Gasteiger partial charge in [-0.3, -0.25) is 0 Å². The zero-order valence-corrected chi connectivity index (χ0v) is 9.84. The highest BCUT2D eigenvalue weighted by Gasteiger charge is 2.37. The van der Waals surface area contributed by atoms with E-state index in [2.05, 4.69) is 4.74 Å². The van der Waals surface area contributed by atoms with E-state index in [0.717, 1.165) is 20.0 Å². The second-order valence-corrected chi connectivity index (χ2v) is 5.13. The number of carbonyl (C=O) groups is 1. The molecule has 1 saturated carbocycles. The summed E-state index contributed by atoms with van der Waals surface area (Å²) in [4.78, 5) is 10.8. The van der Waals surface area contributed by atoms with E-state index in [9.17, 15) is 13.2 Å². The van der Waals surface area contributed by atoms with Gasteiger partial charge >= 0.3 is 16.3 Å². The molecule has 6 nitrogen and oxygen atoms in total. The second-order valence-electron chi connectivity index (χ2n) is 3.13. The summed E-state index contributed by atoms with van der Waals surface area (Å²) < 4.78 is 30.5. The van der Waals surface area contributed by atoms with Crippen LogP contribution in [0.3, 0.4) is 0 Å². The molecule has 1 N–H and O–H groups in total. The zero-order chi connectivity index (χ0) is 11.5. The van der Waals surface area contributed by atoms with E-state index < -0.39 is 16.3 Å². The zero-order valence-electron chi connectivity index (χ0n) is 8.27. The highest BCUT2D eigenvalue weighted by atomic mass is 35.5. The van der Waals surface area contributed by atoms with Gasteiger partial charge in [-0.15, -0.1) is 11.6 Å². The van der Waals surface area contributed by atoms with Crippen molar-refractivity contribution in [3.05, 3.63) is 0 Å². The third-order valence-electron chi connectivity index (χ3n) is 1.97. The molecule has 1 aliphatic rings. The first-order valence-corrected chi connectivity index (χ1v) is 6.42. The van der Waals surface area contributed by atoms with Crippen LogP contribution < -0.4 is 4.72 Å². The van der Waals surface area contributed by atoms with Crippen molar-refractivity contribution in [3.8, 4) is 0 Å². The van der Waals surface area contributed by atoms with E-state index in [4.69, 9.17) is 11.6 Å². The van der Waals surface area contributed by atoms with E-state index in [1.54, 1.807) is 4.72 Å². The largest absolute Gasteiger partial charge is 0.452 e. The van der Waals surface area contributed by atoms with E-state index in [1.807, 2.05) is 0 Å². The number of halogens is 1. The summed E-state index contributed by atoms with van der Waals surface area (Å²) in [5, 5.41) is 0. The summed E-state index contributed by atoms with van der Waals surface area (Å²) in [6, 6.07) is -0.0362. The van der Waals surface area contributed by atoms with Gasteiger partial charge in [-0.25, -0.2) is 9.52 Å². The van der Waals surface area contributed by atoms with Crippen molar-refractivity contribution in [1.82, 2.24) is 9.03 Å². The minimum absolute atomic E-state index is 0.0362. The maximum atomic E-state index is 11.6. The SMILES string of the molecule is COC(=O)NS(=O)(=O)N(CCCl)C1CC1. The average molecular weight is 257 g/mol. The number of rotatable bonds is 5. The monoisotopic (exact) mass is 256 g/mol. The van der Waals surface area contributed by atoms with Gasteiger partial charge in [0.25, 0.3) is 0 Å². The molecule has 0 aromatic rings. The van der Waals surface area contributed by atoms with Crippen LogP contribution in [0, 0.1) is 0 Å². The molecule has 0 radical (unpaired) electrons. The van der Waals surface area contributed by atoms with Crippen molar-refractivity contribution >= 4 is 27.9 Å². The molecule has 0 saturated heterocycles. The van der Waals surface area contributed by atoms with Gasteiger partial charge in [-0.1, -0.05) is 0 Å². The molecule has 0 heterocycles. The topological polar surface area (TPSA) is 75.7 Å². The number of hydrogen-bond donors (Lipinski definition) is 1. The quantitative estimate of drug-likeness (QED) is 0.718. The summed E-state index contributed by atoms with van der Waals surface area (Å²) >= 11 is 5.49. The van der Waals surface area contributed by atoms with Gasteiger partial charge in [-0.2, -0.15) is 12.7 Å². The smallest absolute Gasteiger partial charge is 0.421 e. The molecule has 0 spiro atoms. The molecule has 1 aliphatic carbocycles. The molecule has 0 unspecified atom stereocenters. The normalized spacial score (nSPS) is 16.5.